The Bertz CT molecular complexity index is 1850. The minimum Gasteiger partial charge on any atom is -0.394 e. The summed E-state index contributed by atoms with van der Waals surface area (Å²) in [6.45, 7) is 3.41. The van der Waals surface area contributed by atoms with Gasteiger partial charge in [-0.3, -0.25) is 38.6 Å². The molecular weight excluding hydrogens is 813 g/mol. The number of likely N-dealkylation sites (tertiary alicyclic amines) is 1. The van der Waals surface area contributed by atoms with Crippen LogP contribution < -0.4 is 55.3 Å². The molecule has 7 atom stereocenters. The molecule has 1 aliphatic rings. The number of aliphatic hydroxyl groups excluding tert-OH is 1. The lowest BCUT2D eigenvalue weighted by molar-refractivity contribution is -0.141. The second-order valence-electron chi connectivity index (χ2n) is 16.0. The number of unbranched alkanes of at least 4 members (excludes halogenated alkanes) is 1. The van der Waals surface area contributed by atoms with Crippen LogP contribution >= 0.6 is 0 Å². The summed E-state index contributed by atoms with van der Waals surface area (Å²) in [5.74, 6) is -5.65. The molecule has 2 aromatic carbocycles. The molecule has 7 amide bonds. The molecule has 20 heteroatoms. The van der Waals surface area contributed by atoms with Crippen molar-refractivity contribution in [2.24, 2.45) is 39.6 Å². The van der Waals surface area contributed by atoms with E-state index >= 15 is 0 Å². The second kappa shape index (κ2) is 26.4. The monoisotopic (exact) mass is 879 g/mol. The highest BCUT2D eigenvalue weighted by Gasteiger charge is 2.38. The Labute approximate surface area is 368 Å². The van der Waals surface area contributed by atoms with Gasteiger partial charge in [-0.15, -0.1) is 0 Å². The van der Waals surface area contributed by atoms with Gasteiger partial charge in [-0.05, 0) is 62.1 Å². The zero-order valence-electron chi connectivity index (χ0n) is 36.2. The van der Waals surface area contributed by atoms with Crippen molar-refractivity contribution < 1.29 is 38.7 Å². The van der Waals surface area contributed by atoms with Gasteiger partial charge < -0.3 is 65.3 Å². The molecule has 0 spiro atoms. The van der Waals surface area contributed by atoms with E-state index in [9.17, 15) is 38.7 Å². The van der Waals surface area contributed by atoms with Gasteiger partial charge in [0.1, 0.15) is 36.3 Å². The zero-order valence-corrected chi connectivity index (χ0v) is 36.2. The number of hydrogen-bond acceptors (Lipinski definition) is 11. The van der Waals surface area contributed by atoms with Gasteiger partial charge in [0.05, 0.1) is 12.6 Å². The summed E-state index contributed by atoms with van der Waals surface area (Å²) in [5.41, 5.74) is 29.7. The Kier molecular flexibility index (Phi) is 21.4. The number of guanidine groups is 1. The van der Waals surface area contributed by atoms with Crippen LogP contribution in [0.2, 0.25) is 0 Å². The summed E-state index contributed by atoms with van der Waals surface area (Å²) in [5, 5.41) is 23.5. The molecule has 3 rings (SSSR count). The van der Waals surface area contributed by atoms with Crippen molar-refractivity contribution in [3.05, 3.63) is 71.8 Å². The molecule has 1 aliphatic heterocycles. The fraction of sp³-hybridized carbons (Fsp3) is 0.535. The van der Waals surface area contributed by atoms with E-state index in [0.717, 1.165) is 5.56 Å². The number of aliphatic hydroxyl groups is 1. The highest BCUT2D eigenvalue weighted by molar-refractivity contribution is 5.97. The average molecular weight is 879 g/mol. The number of hydrogen-bond donors (Lipinski definition) is 11. The number of nitrogens with two attached hydrogens (primary N) is 5. The maximum absolute atomic E-state index is 14.1. The quantitative estimate of drug-likeness (QED) is 0.0266. The first-order valence-electron chi connectivity index (χ1n) is 21.4. The van der Waals surface area contributed by atoms with Crippen molar-refractivity contribution in [2.75, 3.05) is 26.2 Å². The Morgan fingerprint density at radius 3 is 1.83 bits per heavy atom. The van der Waals surface area contributed by atoms with Crippen LogP contribution in [-0.2, 0) is 46.4 Å². The molecule has 0 aromatic heterocycles. The second-order valence-corrected chi connectivity index (χ2v) is 16.0. The number of carbonyl (C=O) groups is 7. The number of primary amides is 1. The lowest BCUT2D eigenvalue weighted by atomic mass is 9.99. The average Bonchev–Trinajstić information content (AvgIpc) is 3.75. The topological polar surface area (TPSA) is 346 Å². The Hall–Kier alpha value is -6.12. The molecule has 1 heterocycles. The number of benzene rings is 2. The Morgan fingerprint density at radius 2 is 1.27 bits per heavy atom. The maximum Gasteiger partial charge on any atom is 0.245 e. The number of carbonyl (C=O) groups excluding carboxylic acids is 7. The normalized spacial score (nSPS) is 16.3. The summed E-state index contributed by atoms with van der Waals surface area (Å²) in [6, 6.07) is 9.51. The third kappa shape index (κ3) is 16.9. The van der Waals surface area contributed by atoms with Crippen LogP contribution in [0.4, 0.5) is 0 Å². The first kappa shape index (κ1) is 51.2. The predicted octanol–water partition coefficient (Wildman–Crippen LogP) is -2.47. The lowest BCUT2D eigenvalue weighted by Crippen LogP contribution is -2.61. The zero-order chi connectivity index (χ0) is 46.5. The number of rotatable bonds is 26. The molecule has 0 bridgehead atoms. The summed E-state index contributed by atoms with van der Waals surface area (Å²) < 4.78 is 0. The van der Waals surface area contributed by atoms with Crippen molar-refractivity contribution in [3.8, 4) is 0 Å². The van der Waals surface area contributed by atoms with Crippen LogP contribution in [0.5, 0.6) is 0 Å². The standard InChI is InChI=1S/C43H66N12O8/c1-26(2)35(41(62)50-30(18-11-21-49-43(47)48)37(58)51-31(36(46)57)23-27-13-5-3-6-14-27)54-38(59)32(24-28-15-7-4-8-16-28)52-39(60)33(25-56)53-40(61)34-19-12-22-55(34)42(63)29(45)17-9-10-20-44/h3-8,13-16,26,29-35,56H,9-12,17-25,44-45H2,1-2H3,(H2,46,57)(H,50,62)(H,51,58)(H,52,60)(H,53,61)(H,54,59)(H4,47,48,49)/t29-,30-,31-,32-,33-,34-,35-/m0/s1. The van der Waals surface area contributed by atoms with Crippen molar-refractivity contribution in [1.29, 1.82) is 0 Å². The van der Waals surface area contributed by atoms with E-state index in [1.807, 2.05) is 0 Å². The van der Waals surface area contributed by atoms with Gasteiger partial charge in [0.2, 0.25) is 41.4 Å². The highest BCUT2D eigenvalue weighted by Crippen LogP contribution is 2.20. The van der Waals surface area contributed by atoms with E-state index < -0.39 is 96.2 Å². The Balaban J connectivity index is 1.79. The largest absolute Gasteiger partial charge is 0.394 e. The molecular formula is C43H66N12O8. The molecule has 20 nitrogen and oxygen atoms in total. The summed E-state index contributed by atoms with van der Waals surface area (Å²) >= 11 is 0. The molecule has 1 fully saturated rings. The van der Waals surface area contributed by atoms with Gasteiger partial charge in [0.15, 0.2) is 5.96 Å². The van der Waals surface area contributed by atoms with Gasteiger partial charge in [0, 0.05) is 25.9 Å². The molecule has 0 saturated carbocycles. The molecule has 0 radical (unpaired) electrons. The SMILES string of the molecule is CC(C)[C@H](NC(=O)[C@H](Cc1ccccc1)NC(=O)[C@H](CO)NC(=O)[C@@H]1CCCN1C(=O)[C@@H](N)CCCCN)C(=O)N[C@@H](CCCN=C(N)N)C(=O)N[C@@H](Cc1ccccc1)C(N)=O. The fourth-order valence-electron chi connectivity index (χ4n) is 7.11. The smallest absolute Gasteiger partial charge is 0.245 e. The van der Waals surface area contributed by atoms with Crippen LogP contribution in [0.15, 0.2) is 65.7 Å². The van der Waals surface area contributed by atoms with E-state index in [2.05, 4.69) is 31.6 Å². The van der Waals surface area contributed by atoms with Crippen molar-refractivity contribution in [1.82, 2.24) is 31.5 Å². The van der Waals surface area contributed by atoms with Crippen LogP contribution in [0.25, 0.3) is 0 Å². The third-order valence-electron chi connectivity index (χ3n) is 10.6. The van der Waals surface area contributed by atoms with E-state index in [1.165, 1.54) is 4.90 Å². The number of nitrogens with zero attached hydrogens (tertiary/aromatic N) is 2. The van der Waals surface area contributed by atoms with Crippen molar-refractivity contribution >= 4 is 47.3 Å². The van der Waals surface area contributed by atoms with E-state index in [0.29, 0.717) is 50.8 Å². The third-order valence-corrected chi connectivity index (χ3v) is 10.6. The van der Waals surface area contributed by atoms with E-state index in [4.69, 9.17) is 28.7 Å². The van der Waals surface area contributed by atoms with Gasteiger partial charge in [-0.2, -0.15) is 0 Å². The van der Waals surface area contributed by atoms with Crippen molar-refractivity contribution in [3.63, 3.8) is 0 Å². The van der Waals surface area contributed by atoms with Gasteiger partial charge in [0.25, 0.3) is 0 Å². The van der Waals surface area contributed by atoms with Gasteiger partial charge >= 0.3 is 0 Å². The summed E-state index contributed by atoms with van der Waals surface area (Å²) in [7, 11) is 0. The maximum atomic E-state index is 14.1. The fourth-order valence-corrected chi connectivity index (χ4v) is 7.11. The van der Waals surface area contributed by atoms with E-state index in [1.54, 1.807) is 74.5 Å². The highest BCUT2D eigenvalue weighted by atomic mass is 16.3. The lowest BCUT2D eigenvalue weighted by Gasteiger charge is -2.29. The summed E-state index contributed by atoms with van der Waals surface area (Å²) in [6.07, 6.45) is 2.94. The number of nitrogens with one attached hydrogen (secondary N) is 5. The number of aliphatic imine (C=N–C) groups is 1. The van der Waals surface area contributed by atoms with Crippen LogP contribution in [-0.4, -0.2) is 126 Å². The minimum atomic E-state index is -1.51. The molecule has 346 valence electrons. The van der Waals surface area contributed by atoms with Crippen molar-refractivity contribution in [2.45, 2.75) is 114 Å². The van der Waals surface area contributed by atoms with Crippen LogP contribution in [0, 0.1) is 5.92 Å². The molecule has 16 N–H and O–H groups in total. The molecule has 63 heavy (non-hydrogen) atoms. The van der Waals surface area contributed by atoms with Gasteiger partial charge in [-0.25, -0.2) is 0 Å². The van der Waals surface area contributed by atoms with Crippen LogP contribution in [0.3, 0.4) is 0 Å². The van der Waals surface area contributed by atoms with Crippen LogP contribution in [0.1, 0.15) is 69.9 Å². The molecule has 0 unspecified atom stereocenters. The predicted molar refractivity (Wildman–Crippen MR) is 237 cm³/mol. The molecule has 0 aliphatic carbocycles. The molecule has 2 aromatic rings. The Morgan fingerprint density at radius 1 is 0.714 bits per heavy atom. The van der Waals surface area contributed by atoms with E-state index in [-0.39, 0.29) is 38.2 Å². The number of amides is 7. The first-order chi connectivity index (χ1) is 30.1. The summed E-state index contributed by atoms with van der Waals surface area (Å²) in [4.78, 5) is 100.0. The minimum absolute atomic E-state index is 0.0409. The molecule has 1 saturated heterocycles. The first-order valence-corrected chi connectivity index (χ1v) is 21.4. The van der Waals surface area contributed by atoms with Gasteiger partial charge in [-0.1, -0.05) is 80.9 Å².